The number of hydrogen-bond acceptors (Lipinski definition) is 7. The van der Waals surface area contributed by atoms with Crippen molar-refractivity contribution in [2.24, 2.45) is 17.8 Å². The van der Waals surface area contributed by atoms with Gasteiger partial charge in [-0.1, -0.05) is 103 Å². The monoisotopic (exact) mass is 690 g/mol. The highest BCUT2D eigenvalue weighted by Crippen LogP contribution is 2.34. The van der Waals surface area contributed by atoms with Crippen molar-refractivity contribution >= 4 is 50.6 Å². The minimum absolute atomic E-state index is 0.00675. The molecule has 2 atom stereocenters. The normalized spacial score (nSPS) is 13.1. The maximum absolute atomic E-state index is 13.0. The molecule has 260 valence electrons. The molecule has 0 saturated carbocycles. The van der Waals surface area contributed by atoms with Crippen LogP contribution in [0.5, 0.6) is 5.75 Å². The molecule has 0 heterocycles. The van der Waals surface area contributed by atoms with Crippen LogP contribution in [0.3, 0.4) is 0 Å². The molecule has 0 aliphatic heterocycles. The lowest BCUT2D eigenvalue weighted by Gasteiger charge is -2.17. The number of benzene rings is 2. The molecule has 9 nitrogen and oxygen atoms in total. The Balaban J connectivity index is 1.96. The molecule has 0 fully saturated rings. The number of rotatable bonds is 20. The number of carbonyl (C=O) groups excluding carboxylic acids is 3. The number of halogens is 1. The van der Waals surface area contributed by atoms with E-state index in [4.69, 9.17) is 16.3 Å². The van der Waals surface area contributed by atoms with E-state index in [-0.39, 0.29) is 33.6 Å². The fourth-order valence-corrected chi connectivity index (χ4v) is 7.00. The molecule has 2 amide bonds. The van der Waals surface area contributed by atoms with Crippen LogP contribution in [-0.4, -0.2) is 43.2 Å². The Kier molecular flexibility index (Phi) is 17.0. The summed E-state index contributed by atoms with van der Waals surface area (Å²) in [6.45, 7) is 10.7. The van der Waals surface area contributed by atoms with Crippen molar-refractivity contribution in [3.8, 4) is 5.75 Å². The van der Waals surface area contributed by atoms with Crippen molar-refractivity contribution in [2.45, 2.75) is 103 Å². The van der Waals surface area contributed by atoms with Crippen LogP contribution >= 0.6 is 11.6 Å². The Labute approximate surface area is 285 Å². The van der Waals surface area contributed by atoms with E-state index in [1.165, 1.54) is 31.0 Å². The van der Waals surface area contributed by atoms with Crippen LogP contribution in [0.15, 0.2) is 59.5 Å². The number of carbonyl (C=O) groups is 3. The standard InChI is InChI=1S/C36H51ClN2O7S/c1-6-33(47(44,45)28-18-11-8-12-19-28)36(43)39-30-23-32(40)31(22-29(30)37)38-34(41)20-21-35(42)46-24-27(17-13-15-26(4)5)16-10-7-9-14-25(2)3/h8,11-12,18-23,25-27,33,40H,6-7,9-10,13-17,24H2,1-5H3,(H,38,41)(H,39,43)/b21-20+. The Morgan fingerprint density at radius 1 is 0.851 bits per heavy atom. The third-order valence-electron chi connectivity index (χ3n) is 7.83. The number of sulfone groups is 1. The van der Waals surface area contributed by atoms with Crippen LogP contribution in [0, 0.1) is 17.8 Å². The lowest BCUT2D eigenvalue weighted by atomic mass is 9.93. The van der Waals surface area contributed by atoms with E-state index in [0.29, 0.717) is 18.4 Å². The summed E-state index contributed by atoms with van der Waals surface area (Å²) in [5.74, 6) is -0.999. The number of amides is 2. The van der Waals surface area contributed by atoms with E-state index in [9.17, 15) is 27.9 Å². The van der Waals surface area contributed by atoms with Gasteiger partial charge in [0, 0.05) is 18.2 Å². The molecule has 2 aromatic rings. The Morgan fingerprint density at radius 2 is 1.47 bits per heavy atom. The summed E-state index contributed by atoms with van der Waals surface area (Å²) in [5.41, 5.74) is -0.0986. The first kappa shape index (κ1) is 39.8. The second-order valence-electron chi connectivity index (χ2n) is 12.8. The molecule has 0 aliphatic rings. The minimum atomic E-state index is -3.98. The number of ether oxygens (including phenoxy) is 1. The quantitative estimate of drug-likeness (QED) is 0.0549. The Hall–Kier alpha value is -3.37. The van der Waals surface area contributed by atoms with E-state index in [2.05, 4.69) is 38.3 Å². The average Bonchev–Trinajstić information content (AvgIpc) is 3.01. The number of esters is 1. The van der Waals surface area contributed by atoms with Gasteiger partial charge in [-0.25, -0.2) is 13.2 Å². The SMILES string of the molecule is CCC(C(=O)Nc1cc(O)c(NC(=O)/C=C/C(=O)OCC(CCCCCC(C)C)CCCC(C)C)cc1Cl)S(=O)(=O)c1ccccc1. The van der Waals surface area contributed by atoms with E-state index in [1.54, 1.807) is 25.1 Å². The minimum Gasteiger partial charge on any atom is -0.506 e. The van der Waals surface area contributed by atoms with Crippen molar-refractivity contribution in [1.29, 1.82) is 0 Å². The molecule has 0 radical (unpaired) electrons. The third kappa shape index (κ3) is 14.1. The average molecular weight is 691 g/mol. The maximum Gasteiger partial charge on any atom is 0.330 e. The first-order valence-corrected chi connectivity index (χ1v) is 18.4. The zero-order valence-corrected chi connectivity index (χ0v) is 29.8. The van der Waals surface area contributed by atoms with E-state index in [1.807, 2.05) is 0 Å². The highest BCUT2D eigenvalue weighted by atomic mass is 35.5. The zero-order chi connectivity index (χ0) is 35.0. The van der Waals surface area contributed by atoms with Gasteiger partial charge in [-0.15, -0.1) is 0 Å². The molecule has 0 spiro atoms. The summed E-state index contributed by atoms with van der Waals surface area (Å²) in [6, 6.07) is 9.97. The topological polar surface area (TPSA) is 139 Å². The molecular weight excluding hydrogens is 640 g/mol. The molecule has 2 rings (SSSR count). The Morgan fingerprint density at radius 3 is 2.11 bits per heavy atom. The van der Waals surface area contributed by atoms with Crippen LogP contribution in [0.2, 0.25) is 5.02 Å². The number of aromatic hydroxyl groups is 1. The van der Waals surface area contributed by atoms with Gasteiger partial charge < -0.3 is 20.5 Å². The lowest BCUT2D eigenvalue weighted by molar-refractivity contribution is -0.139. The fraction of sp³-hybridized carbons (Fsp3) is 0.528. The fourth-order valence-electron chi connectivity index (χ4n) is 5.15. The summed E-state index contributed by atoms with van der Waals surface area (Å²) in [5, 5.41) is 14.0. The van der Waals surface area contributed by atoms with Crippen LogP contribution in [0.1, 0.15) is 92.4 Å². The third-order valence-corrected chi connectivity index (χ3v) is 10.4. The molecule has 2 aromatic carbocycles. The molecule has 3 N–H and O–H groups in total. The molecule has 11 heteroatoms. The van der Waals surface area contributed by atoms with E-state index >= 15 is 0 Å². The highest BCUT2D eigenvalue weighted by molar-refractivity contribution is 7.92. The van der Waals surface area contributed by atoms with Gasteiger partial charge in [0.2, 0.25) is 11.8 Å². The van der Waals surface area contributed by atoms with Gasteiger partial charge in [-0.3, -0.25) is 9.59 Å². The second-order valence-corrected chi connectivity index (χ2v) is 15.3. The predicted molar refractivity (Wildman–Crippen MR) is 188 cm³/mol. The largest absolute Gasteiger partial charge is 0.506 e. The van der Waals surface area contributed by atoms with E-state index in [0.717, 1.165) is 56.7 Å². The van der Waals surface area contributed by atoms with Crippen LogP contribution in [-0.2, 0) is 29.0 Å². The van der Waals surface area contributed by atoms with Gasteiger partial charge in [0.1, 0.15) is 11.0 Å². The van der Waals surface area contributed by atoms with Gasteiger partial charge in [0.15, 0.2) is 9.84 Å². The summed E-state index contributed by atoms with van der Waals surface area (Å²) >= 11 is 6.31. The van der Waals surface area contributed by atoms with Gasteiger partial charge in [0.25, 0.3) is 0 Å². The molecule has 0 bridgehead atoms. The summed E-state index contributed by atoms with van der Waals surface area (Å²) in [4.78, 5) is 37.9. The highest BCUT2D eigenvalue weighted by Gasteiger charge is 2.33. The number of nitrogens with one attached hydrogen (secondary N) is 2. The summed E-state index contributed by atoms with van der Waals surface area (Å²) in [6.07, 6.45) is 10.9. The van der Waals surface area contributed by atoms with Crippen molar-refractivity contribution in [3.05, 3.63) is 59.6 Å². The van der Waals surface area contributed by atoms with Crippen molar-refractivity contribution in [3.63, 3.8) is 0 Å². The molecule has 0 saturated heterocycles. The van der Waals surface area contributed by atoms with Gasteiger partial charge in [-0.05, 0) is 55.2 Å². The van der Waals surface area contributed by atoms with Crippen LogP contribution in [0.25, 0.3) is 0 Å². The first-order chi connectivity index (χ1) is 22.2. The van der Waals surface area contributed by atoms with Crippen molar-refractivity contribution in [1.82, 2.24) is 0 Å². The molecule has 0 aliphatic carbocycles. The zero-order valence-electron chi connectivity index (χ0n) is 28.3. The van der Waals surface area contributed by atoms with Crippen molar-refractivity contribution < 1.29 is 32.6 Å². The van der Waals surface area contributed by atoms with Crippen LogP contribution < -0.4 is 10.6 Å². The van der Waals surface area contributed by atoms with Crippen molar-refractivity contribution in [2.75, 3.05) is 17.2 Å². The number of hydrogen-bond donors (Lipinski definition) is 3. The molecule has 2 unspecified atom stereocenters. The number of phenolic OH excluding ortho intramolecular Hbond substituents is 1. The molecular formula is C36H51ClN2O7S. The molecule has 0 aromatic heterocycles. The van der Waals surface area contributed by atoms with Gasteiger partial charge in [0.05, 0.1) is 27.9 Å². The van der Waals surface area contributed by atoms with E-state index < -0.39 is 38.6 Å². The second kappa shape index (κ2) is 20.1. The lowest BCUT2D eigenvalue weighted by Crippen LogP contribution is -2.34. The number of unbranched alkanes of at least 4 members (excludes halogenated alkanes) is 2. The smallest absolute Gasteiger partial charge is 0.330 e. The number of anilines is 2. The number of phenols is 1. The predicted octanol–water partition coefficient (Wildman–Crippen LogP) is 8.32. The summed E-state index contributed by atoms with van der Waals surface area (Å²) < 4.78 is 31.5. The van der Waals surface area contributed by atoms with Crippen LogP contribution in [0.4, 0.5) is 11.4 Å². The van der Waals surface area contributed by atoms with Gasteiger partial charge >= 0.3 is 5.97 Å². The Bertz CT molecular complexity index is 1440. The molecule has 47 heavy (non-hydrogen) atoms. The maximum atomic E-state index is 13.0. The summed E-state index contributed by atoms with van der Waals surface area (Å²) in [7, 11) is -3.98. The first-order valence-electron chi connectivity index (χ1n) is 16.5. The van der Waals surface area contributed by atoms with Gasteiger partial charge in [-0.2, -0.15) is 0 Å².